The summed E-state index contributed by atoms with van der Waals surface area (Å²) in [5.74, 6) is 2.17. The number of piperidine rings is 1. The van der Waals surface area contributed by atoms with E-state index in [9.17, 15) is 4.79 Å². The van der Waals surface area contributed by atoms with Gasteiger partial charge in [0.1, 0.15) is 28.7 Å². The van der Waals surface area contributed by atoms with Crippen molar-refractivity contribution < 1.29 is 4.79 Å². The summed E-state index contributed by atoms with van der Waals surface area (Å²) in [6.45, 7) is 5.33. The minimum absolute atomic E-state index is 0.199. The molecule has 4 heterocycles. The third-order valence-electron chi connectivity index (χ3n) is 7.08. The molecule has 0 spiro atoms. The molecule has 1 unspecified atom stereocenters. The zero-order chi connectivity index (χ0) is 25.2. The van der Waals surface area contributed by atoms with Gasteiger partial charge in [-0.2, -0.15) is 0 Å². The Hall–Kier alpha value is -3.78. The summed E-state index contributed by atoms with van der Waals surface area (Å²) in [6.07, 6.45) is 13.6. The van der Waals surface area contributed by atoms with E-state index in [4.69, 9.17) is 10.7 Å². The highest BCUT2D eigenvalue weighted by Gasteiger charge is 2.27. The minimum Gasteiger partial charge on any atom is -0.382 e. The van der Waals surface area contributed by atoms with Crippen LogP contribution in [0.15, 0.2) is 65.6 Å². The molecule has 1 fully saturated rings. The van der Waals surface area contributed by atoms with Crippen LogP contribution in [0.3, 0.4) is 0 Å². The Morgan fingerprint density at radius 1 is 1.19 bits per heavy atom. The van der Waals surface area contributed by atoms with Crippen molar-refractivity contribution in [1.82, 2.24) is 24.6 Å². The minimum atomic E-state index is -0.199. The number of amidine groups is 1. The van der Waals surface area contributed by atoms with Crippen molar-refractivity contribution in [3.63, 3.8) is 0 Å². The van der Waals surface area contributed by atoms with Crippen LogP contribution in [0.4, 0.5) is 5.82 Å². The number of carbonyl (C=O) groups is 1. The molecule has 2 aliphatic rings. The number of rotatable bonds is 4. The summed E-state index contributed by atoms with van der Waals surface area (Å²) in [4.78, 5) is 29.1. The molecule has 1 aromatic carbocycles. The monoisotopic (exact) mass is 483 g/mol. The largest absolute Gasteiger partial charge is 0.382 e. The lowest BCUT2D eigenvalue weighted by atomic mass is 9.99. The number of likely N-dealkylation sites (tertiary alicyclic amines) is 1. The number of imidazole rings is 1. The fourth-order valence-electron chi connectivity index (χ4n) is 4.96. The predicted molar refractivity (Wildman–Crippen MR) is 144 cm³/mol. The lowest BCUT2D eigenvalue weighted by Gasteiger charge is -2.31. The van der Waals surface area contributed by atoms with Gasteiger partial charge in [-0.1, -0.05) is 44.1 Å². The molecule has 2 aliphatic heterocycles. The van der Waals surface area contributed by atoms with Gasteiger partial charge < -0.3 is 11.1 Å². The summed E-state index contributed by atoms with van der Waals surface area (Å²) in [5, 5.41) is 2.94. The van der Waals surface area contributed by atoms with Gasteiger partial charge in [-0.15, -0.1) is 0 Å². The molecule has 8 heteroatoms. The van der Waals surface area contributed by atoms with E-state index in [0.717, 1.165) is 42.0 Å². The van der Waals surface area contributed by atoms with Crippen LogP contribution in [-0.4, -0.2) is 44.6 Å². The first kappa shape index (κ1) is 23.9. The van der Waals surface area contributed by atoms with E-state index in [1.54, 1.807) is 12.4 Å². The number of carbonyl (C=O) groups excluding carboxylic acids is 1. The Kier molecular flexibility index (Phi) is 6.69. The van der Waals surface area contributed by atoms with Crippen molar-refractivity contribution in [2.24, 2.45) is 10.9 Å². The lowest BCUT2D eigenvalue weighted by molar-refractivity contribution is 0.0977. The van der Waals surface area contributed by atoms with Crippen LogP contribution < -0.4 is 11.1 Å². The van der Waals surface area contributed by atoms with Crippen molar-refractivity contribution in [2.75, 3.05) is 19.3 Å². The number of hydrogen-bond acceptors (Lipinski definition) is 6. The molecule has 3 N–H and O–H groups in total. The predicted octanol–water partition coefficient (Wildman–Crippen LogP) is 4.76. The Balaban J connectivity index is 1.44. The van der Waals surface area contributed by atoms with Crippen LogP contribution in [0.25, 0.3) is 16.8 Å². The summed E-state index contributed by atoms with van der Waals surface area (Å²) >= 11 is 0. The van der Waals surface area contributed by atoms with Gasteiger partial charge in [-0.05, 0) is 57.0 Å². The topological polar surface area (TPSA) is 101 Å². The van der Waals surface area contributed by atoms with E-state index in [-0.39, 0.29) is 11.9 Å². The number of amides is 1. The van der Waals surface area contributed by atoms with Gasteiger partial charge in [0.25, 0.3) is 5.91 Å². The Bertz CT molecular complexity index is 1360. The van der Waals surface area contributed by atoms with Crippen molar-refractivity contribution in [3.8, 4) is 11.3 Å². The first-order valence-electron chi connectivity index (χ1n) is 12.6. The molecular formula is C28H33N7O. The van der Waals surface area contributed by atoms with E-state index in [1.165, 1.54) is 18.4 Å². The van der Waals surface area contributed by atoms with Gasteiger partial charge in [0.15, 0.2) is 0 Å². The molecule has 1 atom stereocenters. The highest BCUT2D eigenvalue weighted by Crippen LogP contribution is 2.35. The number of nitrogens with one attached hydrogen (secondary N) is 1. The summed E-state index contributed by atoms with van der Waals surface area (Å²) in [5.41, 5.74) is 10.6. The van der Waals surface area contributed by atoms with Gasteiger partial charge >= 0.3 is 0 Å². The maximum atomic E-state index is 13.0. The first-order chi connectivity index (χ1) is 17.4. The molecule has 1 amide bonds. The molecule has 0 aliphatic carbocycles. The fourth-order valence-corrected chi connectivity index (χ4v) is 4.96. The zero-order valence-electron chi connectivity index (χ0n) is 21.1. The zero-order valence-corrected chi connectivity index (χ0v) is 21.1. The molecule has 2 aromatic heterocycles. The second-order valence-electron chi connectivity index (χ2n) is 9.85. The van der Waals surface area contributed by atoms with Gasteiger partial charge in [-0.25, -0.2) is 15.0 Å². The van der Waals surface area contributed by atoms with E-state index >= 15 is 0 Å². The van der Waals surface area contributed by atoms with Gasteiger partial charge in [0.2, 0.25) is 0 Å². The lowest BCUT2D eigenvalue weighted by Crippen LogP contribution is -2.30. The van der Waals surface area contributed by atoms with Gasteiger partial charge in [0, 0.05) is 29.7 Å². The summed E-state index contributed by atoms with van der Waals surface area (Å²) < 4.78 is 2.07. The Morgan fingerprint density at radius 2 is 2.00 bits per heavy atom. The summed E-state index contributed by atoms with van der Waals surface area (Å²) in [6, 6.07) is 7.69. The number of benzene rings is 1. The molecule has 1 saturated heterocycles. The van der Waals surface area contributed by atoms with E-state index in [1.807, 2.05) is 42.6 Å². The van der Waals surface area contributed by atoms with Crippen molar-refractivity contribution in [3.05, 3.63) is 72.0 Å². The molecular weight excluding hydrogens is 450 g/mol. The SMILES string of the molecule is CC(C)C1=CC(NC(=O)c2ccc(-c3nc(C4CCCCN4C)n4ccnc(N)c34)cc2)=NC=CC1. The molecule has 0 radical (unpaired) electrons. The molecule has 186 valence electrons. The molecule has 8 nitrogen and oxygen atoms in total. The highest BCUT2D eigenvalue weighted by atomic mass is 16.1. The third kappa shape index (κ3) is 4.68. The highest BCUT2D eigenvalue weighted by molar-refractivity contribution is 6.10. The standard InChI is InChI=1S/C28H33N7O/c1-18(2)21-7-6-13-30-23(17-21)32-28(36)20-11-9-19(10-12-20)24-25-26(29)31-14-16-35(25)27(33-24)22-8-4-5-15-34(22)3/h6,9-14,16-18,22H,4-5,7-8,15H2,1-3H3,(H2,29,31)(H,30,32,36). The molecule has 5 rings (SSSR count). The second-order valence-corrected chi connectivity index (χ2v) is 9.85. The normalized spacial score (nSPS) is 18.7. The van der Waals surface area contributed by atoms with Crippen molar-refractivity contribution >= 4 is 23.1 Å². The van der Waals surface area contributed by atoms with Gasteiger partial charge in [-0.3, -0.25) is 14.1 Å². The number of nitrogens with zero attached hydrogens (tertiary/aromatic N) is 5. The average Bonchev–Trinajstić information content (AvgIpc) is 3.10. The number of aromatic nitrogens is 3. The van der Waals surface area contributed by atoms with Crippen LogP contribution in [0.2, 0.25) is 0 Å². The first-order valence-corrected chi connectivity index (χ1v) is 12.6. The maximum Gasteiger partial charge on any atom is 0.256 e. The molecule has 36 heavy (non-hydrogen) atoms. The smallest absolute Gasteiger partial charge is 0.256 e. The third-order valence-corrected chi connectivity index (χ3v) is 7.08. The summed E-state index contributed by atoms with van der Waals surface area (Å²) in [7, 11) is 2.15. The van der Waals surface area contributed by atoms with Crippen LogP contribution in [-0.2, 0) is 0 Å². The van der Waals surface area contributed by atoms with E-state index in [2.05, 4.69) is 45.5 Å². The molecule has 0 bridgehead atoms. The number of anilines is 1. The number of aliphatic imine (C=N–C) groups is 1. The van der Waals surface area contributed by atoms with Crippen molar-refractivity contribution in [2.45, 2.75) is 45.6 Å². The number of nitrogen functional groups attached to an aromatic ring is 1. The van der Waals surface area contributed by atoms with Gasteiger partial charge in [0.05, 0.1) is 6.04 Å². The number of fused-ring (bicyclic) bond motifs is 1. The quantitative estimate of drug-likeness (QED) is 0.557. The van der Waals surface area contributed by atoms with E-state index < -0.39 is 0 Å². The van der Waals surface area contributed by atoms with Crippen molar-refractivity contribution in [1.29, 1.82) is 0 Å². The van der Waals surface area contributed by atoms with Crippen LogP contribution in [0.5, 0.6) is 0 Å². The fraction of sp³-hybridized carbons (Fsp3) is 0.357. The Labute approximate surface area is 211 Å². The molecule has 3 aromatic rings. The number of hydrogen-bond donors (Lipinski definition) is 2. The maximum absolute atomic E-state index is 13.0. The number of nitrogens with two attached hydrogens (primary N) is 1. The second kappa shape index (κ2) is 10.1. The average molecular weight is 484 g/mol. The molecule has 0 saturated carbocycles. The Morgan fingerprint density at radius 3 is 2.75 bits per heavy atom. The van der Waals surface area contributed by atoms with Crippen LogP contribution in [0.1, 0.15) is 61.8 Å². The van der Waals surface area contributed by atoms with Crippen LogP contribution in [0, 0.1) is 5.92 Å². The van der Waals surface area contributed by atoms with Crippen LogP contribution >= 0.6 is 0 Å². The number of allylic oxidation sites excluding steroid dienone is 2. The van der Waals surface area contributed by atoms with E-state index in [0.29, 0.717) is 23.1 Å².